The number of nitrogens with one attached hydrogen (secondary N) is 1. The van der Waals surface area contributed by atoms with Crippen LogP contribution in [-0.4, -0.2) is 47.7 Å². The average molecular weight is 518 g/mol. The molecular formula is C22H15F5N8O2. The molecule has 1 aliphatic rings. The van der Waals surface area contributed by atoms with Gasteiger partial charge in [-0.05, 0) is 32.0 Å². The van der Waals surface area contributed by atoms with Gasteiger partial charge >= 0.3 is 6.18 Å². The van der Waals surface area contributed by atoms with E-state index in [0.717, 1.165) is 6.07 Å². The lowest BCUT2D eigenvalue weighted by atomic mass is 9.82. The van der Waals surface area contributed by atoms with Crippen LogP contribution in [0, 0.1) is 18.6 Å². The fourth-order valence-electron chi connectivity index (χ4n) is 4.04. The van der Waals surface area contributed by atoms with Gasteiger partial charge in [-0.15, -0.1) is 0 Å². The number of nitrogens with zero attached hydrogens (tertiary/aromatic N) is 6. The molecule has 0 bridgehead atoms. The largest absolute Gasteiger partial charge is 0.407 e. The molecule has 4 aromatic heterocycles. The number of nitrogens with two attached hydrogens (primary N) is 1. The van der Waals surface area contributed by atoms with Gasteiger partial charge in [-0.2, -0.15) is 18.3 Å². The van der Waals surface area contributed by atoms with Crippen LogP contribution in [0.1, 0.15) is 34.4 Å². The van der Waals surface area contributed by atoms with Crippen LogP contribution in [-0.2, 0) is 16.8 Å². The Kier molecular flexibility index (Phi) is 5.20. The third kappa shape index (κ3) is 3.56. The number of alkyl halides is 3. The molecular weight excluding hydrogens is 503 g/mol. The summed E-state index contributed by atoms with van der Waals surface area (Å²) in [6.07, 6.45) is -3.75. The Morgan fingerprint density at radius 2 is 1.92 bits per heavy atom. The van der Waals surface area contributed by atoms with Gasteiger partial charge < -0.3 is 11.1 Å². The summed E-state index contributed by atoms with van der Waals surface area (Å²) in [5, 5.41) is 6.31. The highest BCUT2D eigenvalue weighted by Crippen LogP contribution is 2.49. The Hall–Kier alpha value is -4.56. The van der Waals surface area contributed by atoms with E-state index in [1.165, 1.54) is 29.9 Å². The highest BCUT2D eigenvalue weighted by molar-refractivity contribution is 6.10. The third-order valence-corrected chi connectivity index (χ3v) is 6.09. The van der Waals surface area contributed by atoms with Gasteiger partial charge in [0.1, 0.15) is 28.8 Å². The summed E-state index contributed by atoms with van der Waals surface area (Å²) in [4.78, 5) is 40.6. The number of hydrogen-bond donors (Lipinski definition) is 2. The zero-order valence-electron chi connectivity index (χ0n) is 19.0. The minimum Gasteiger partial charge on any atom is -0.364 e. The zero-order valence-corrected chi connectivity index (χ0v) is 19.0. The van der Waals surface area contributed by atoms with E-state index in [1.54, 1.807) is 0 Å². The van der Waals surface area contributed by atoms with Gasteiger partial charge in [-0.1, -0.05) is 0 Å². The van der Waals surface area contributed by atoms with E-state index in [0.29, 0.717) is 6.92 Å². The molecule has 0 saturated carbocycles. The number of fused-ring (bicyclic) bond motifs is 2. The van der Waals surface area contributed by atoms with Gasteiger partial charge in [0.25, 0.3) is 5.91 Å². The summed E-state index contributed by atoms with van der Waals surface area (Å²) in [7, 11) is 0. The van der Waals surface area contributed by atoms with Crippen molar-refractivity contribution in [2.24, 2.45) is 5.73 Å². The molecule has 0 fully saturated rings. The number of amides is 2. The second-order valence-electron chi connectivity index (χ2n) is 8.43. The molecule has 4 aromatic rings. The van der Waals surface area contributed by atoms with Crippen LogP contribution in [0.15, 0.2) is 24.4 Å². The summed E-state index contributed by atoms with van der Waals surface area (Å²) in [5.74, 6) is -5.26. The van der Waals surface area contributed by atoms with E-state index in [1.807, 2.05) is 5.32 Å². The number of carbonyl (C=O) groups excluding carboxylic acids is 2. The summed E-state index contributed by atoms with van der Waals surface area (Å²) in [5.41, 5.74) is 0.329. The maximum absolute atomic E-state index is 14.5. The van der Waals surface area contributed by atoms with Gasteiger partial charge in [0.15, 0.2) is 16.9 Å². The van der Waals surface area contributed by atoms with Gasteiger partial charge in [-0.25, -0.2) is 28.4 Å². The lowest BCUT2D eigenvalue weighted by Crippen LogP contribution is -2.46. The van der Waals surface area contributed by atoms with Crippen LogP contribution in [0.25, 0.3) is 22.6 Å². The second kappa shape index (κ2) is 7.97. The number of hydrogen-bond acceptors (Lipinski definition) is 7. The van der Waals surface area contributed by atoms with Crippen molar-refractivity contribution >= 4 is 28.7 Å². The molecule has 37 heavy (non-hydrogen) atoms. The quantitative estimate of drug-likeness (QED) is 0.396. The van der Waals surface area contributed by atoms with Crippen molar-refractivity contribution in [3.8, 4) is 11.5 Å². The topological polar surface area (TPSA) is 142 Å². The van der Waals surface area contributed by atoms with E-state index >= 15 is 0 Å². The first kappa shape index (κ1) is 24.1. The fourth-order valence-corrected chi connectivity index (χ4v) is 4.04. The van der Waals surface area contributed by atoms with Gasteiger partial charge in [0.05, 0.1) is 28.9 Å². The second-order valence-corrected chi connectivity index (χ2v) is 8.43. The van der Waals surface area contributed by atoms with E-state index in [4.69, 9.17) is 5.73 Å². The van der Waals surface area contributed by atoms with Crippen LogP contribution in [0.4, 0.5) is 27.8 Å². The first-order valence-corrected chi connectivity index (χ1v) is 10.6. The molecule has 2 amide bonds. The van der Waals surface area contributed by atoms with Crippen molar-refractivity contribution < 1.29 is 31.5 Å². The lowest BCUT2D eigenvalue weighted by molar-refractivity contribution is -0.186. The molecule has 0 saturated heterocycles. The molecule has 190 valence electrons. The minimum atomic E-state index is -5.11. The first-order chi connectivity index (χ1) is 17.3. The van der Waals surface area contributed by atoms with Crippen LogP contribution in [0.2, 0.25) is 0 Å². The maximum Gasteiger partial charge on any atom is 0.407 e. The number of rotatable bonds is 4. The molecule has 1 aliphatic heterocycles. The predicted octanol–water partition coefficient (Wildman–Crippen LogP) is 2.79. The molecule has 0 aliphatic carbocycles. The minimum absolute atomic E-state index is 0.0115. The Balaban J connectivity index is 1.76. The molecule has 0 radical (unpaired) electrons. The number of primary amides is 1. The highest BCUT2D eigenvalue weighted by Gasteiger charge is 2.64. The molecule has 10 nitrogen and oxygen atoms in total. The standard InChI is InChI=1S/C22H15F5N8O2/c1-8-11(24)6-9-14(34-35(19(9)30-8)7-12-10(23)4-3-5-29-12)18-31-15(16(28)36)13-17(32-18)33-20(37)21(13,2)22(25,26)27/h3-6H,7H2,1-2H3,(H2,28,36)(H,31,32,33,37). The molecule has 3 N–H and O–H groups in total. The van der Waals surface area contributed by atoms with Gasteiger partial charge in [-0.3, -0.25) is 14.6 Å². The molecule has 15 heteroatoms. The number of anilines is 1. The zero-order chi connectivity index (χ0) is 26.9. The van der Waals surface area contributed by atoms with Crippen molar-refractivity contribution in [3.05, 3.63) is 58.7 Å². The fraction of sp³-hybridized carbons (Fsp3) is 0.227. The SMILES string of the molecule is Cc1nc2c(cc1F)c(-c1nc3c(c(C(N)=O)n1)C(C)(C(F)(F)F)C(=O)N3)nn2Cc1ncccc1F. The van der Waals surface area contributed by atoms with Gasteiger partial charge in [0.2, 0.25) is 5.91 Å². The monoisotopic (exact) mass is 518 g/mol. The highest BCUT2D eigenvalue weighted by atomic mass is 19.4. The number of halogens is 5. The van der Waals surface area contributed by atoms with Crippen molar-refractivity contribution in [1.82, 2.24) is 29.7 Å². The normalized spacial score (nSPS) is 17.2. The van der Waals surface area contributed by atoms with E-state index < -0.39 is 57.9 Å². The van der Waals surface area contributed by atoms with Crippen molar-refractivity contribution in [1.29, 1.82) is 0 Å². The number of aryl methyl sites for hydroxylation is 1. The Bertz CT molecular complexity index is 1630. The molecule has 5 rings (SSSR count). The smallest absolute Gasteiger partial charge is 0.364 e. The molecule has 1 atom stereocenters. The van der Waals surface area contributed by atoms with Crippen LogP contribution in [0.3, 0.4) is 0 Å². The first-order valence-electron chi connectivity index (χ1n) is 10.6. The molecule has 0 aromatic carbocycles. The van der Waals surface area contributed by atoms with E-state index in [2.05, 4.69) is 25.0 Å². The Morgan fingerprint density at radius 3 is 2.57 bits per heavy atom. The van der Waals surface area contributed by atoms with Crippen molar-refractivity contribution in [2.45, 2.75) is 32.0 Å². The summed E-state index contributed by atoms with van der Waals surface area (Å²) < 4.78 is 71.6. The van der Waals surface area contributed by atoms with Crippen molar-refractivity contribution in [2.75, 3.05) is 5.32 Å². The van der Waals surface area contributed by atoms with Gasteiger partial charge in [0, 0.05) is 6.20 Å². The van der Waals surface area contributed by atoms with E-state index in [-0.39, 0.29) is 34.7 Å². The number of aromatic nitrogens is 6. The maximum atomic E-state index is 14.5. The van der Waals surface area contributed by atoms with Crippen molar-refractivity contribution in [3.63, 3.8) is 0 Å². The number of carbonyl (C=O) groups is 2. The van der Waals surface area contributed by atoms with Crippen LogP contribution in [0.5, 0.6) is 0 Å². The predicted molar refractivity (Wildman–Crippen MR) is 117 cm³/mol. The number of pyridine rings is 2. The van der Waals surface area contributed by atoms with Crippen LogP contribution >= 0.6 is 0 Å². The molecule has 1 unspecified atom stereocenters. The average Bonchev–Trinajstić information content (AvgIpc) is 3.29. The lowest BCUT2D eigenvalue weighted by Gasteiger charge is -2.25. The molecule has 0 spiro atoms. The van der Waals surface area contributed by atoms with E-state index in [9.17, 15) is 31.5 Å². The Labute approximate surface area is 203 Å². The summed E-state index contributed by atoms with van der Waals surface area (Å²) in [6.45, 7) is 1.71. The Morgan fingerprint density at radius 1 is 1.19 bits per heavy atom. The third-order valence-electron chi connectivity index (χ3n) is 6.09. The summed E-state index contributed by atoms with van der Waals surface area (Å²) >= 11 is 0. The molecule has 5 heterocycles. The summed E-state index contributed by atoms with van der Waals surface area (Å²) in [6, 6.07) is 3.61. The van der Waals surface area contributed by atoms with Crippen LogP contribution < -0.4 is 11.1 Å².